The number of aromatic nitrogens is 4. The highest BCUT2D eigenvalue weighted by atomic mass is 32.2. The van der Waals surface area contributed by atoms with E-state index in [4.69, 9.17) is 0 Å². The van der Waals surface area contributed by atoms with Gasteiger partial charge in [0, 0.05) is 30.9 Å². The van der Waals surface area contributed by atoms with Crippen LogP contribution in [0.2, 0.25) is 0 Å². The van der Waals surface area contributed by atoms with E-state index in [9.17, 15) is 0 Å². The van der Waals surface area contributed by atoms with Crippen LogP contribution in [0.3, 0.4) is 0 Å². The van der Waals surface area contributed by atoms with E-state index >= 15 is 0 Å². The molecule has 7 nitrogen and oxygen atoms in total. The highest BCUT2D eigenvalue weighted by molar-refractivity contribution is 7.98. The molecule has 0 unspecified atom stereocenters. The number of nitrogens with one attached hydrogen (secondary N) is 2. The predicted octanol–water partition coefficient (Wildman–Crippen LogP) is 3.49. The van der Waals surface area contributed by atoms with Crippen LogP contribution in [0.4, 0.5) is 0 Å². The minimum absolute atomic E-state index is 0.583. The first-order valence-electron chi connectivity index (χ1n) is 9.97. The van der Waals surface area contributed by atoms with Gasteiger partial charge in [-0.3, -0.25) is 4.99 Å². The number of guanidine groups is 1. The number of hydrogen-bond donors (Lipinski definition) is 2. The van der Waals surface area contributed by atoms with Gasteiger partial charge in [0.25, 0.3) is 0 Å². The third-order valence-electron chi connectivity index (χ3n) is 5.18. The van der Waals surface area contributed by atoms with Crippen molar-refractivity contribution in [1.82, 2.24) is 30.4 Å². The molecular weight excluding hydrogens is 390 g/mol. The second-order valence-corrected chi connectivity index (χ2v) is 9.18. The summed E-state index contributed by atoms with van der Waals surface area (Å²) in [6, 6.07) is 0.583. The van der Waals surface area contributed by atoms with Gasteiger partial charge in [-0.2, -0.15) is 0 Å². The Kier molecular flexibility index (Phi) is 7.73. The fraction of sp³-hybridized carbons (Fsp3) is 0.684. The van der Waals surface area contributed by atoms with Crippen LogP contribution in [0, 0.1) is 13.8 Å². The Morgan fingerprint density at radius 3 is 2.68 bits per heavy atom. The van der Waals surface area contributed by atoms with Crippen LogP contribution < -0.4 is 10.6 Å². The van der Waals surface area contributed by atoms with Crippen LogP contribution in [0.1, 0.15) is 59.5 Å². The zero-order valence-corrected chi connectivity index (χ0v) is 18.9. The molecule has 0 atom stereocenters. The summed E-state index contributed by atoms with van der Waals surface area (Å²) in [7, 11) is 1.80. The van der Waals surface area contributed by atoms with Gasteiger partial charge in [0.15, 0.2) is 11.1 Å². The Labute approximate surface area is 175 Å². The molecule has 9 heteroatoms. The maximum absolute atomic E-state index is 4.56. The molecule has 1 saturated carbocycles. The lowest BCUT2D eigenvalue weighted by Gasteiger charge is -2.16. The topological polar surface area (TPSA) is 80.0 Å². The first-order chi connectivity index (χ1) is 13.6. The van der Waals surface area contributed by atoms with Gasteiger partial charge in [-0.15, -0.1) is 21.5 Å². The van der Waals surface area contributed by atoms with E-state index in [0.29, 0.717) is 12.6 Å². The van der Waals surface area contributed by atoms with Crippen molar-refractivity contribution >= 4 is 29.1 Å². The molecule has 1 aliphatic rings. The van der Waals surface area contributed by atoms with Crippen LogP contribution in [-0.4, -0.2) is 45.6 Å². The van der Waals surface area contributed by atoms with Crippen molar-refractivity contribution in [3.8, 4) is 0 Å². The molecule has 1 fully saturated rings. The molecule has 28 heavy (non-hydrogen) atoms. The van der Waals surface area contributed by atoms with Crippen LogP contribution >= 0.6 is 23.1 Å². The summed E-state index contributed by atoms with van der Waals surface area (Å²) in [5.74, 6) is 1.93. The number of rotatable bonds is 8. The molecule has 2 aromatic rings. The SMILES string of the molecule is CN=C(NCCCc1nnc(SC)n1C1CCCC1)NCc1nc(C)c(C)s1. The monoisotopic (exact) mass is 421 g/mol. The van der Waals surface area contributed by atoms with E-state index in [2.05, 4.69) is 55.5 Å². The summed E-state index contributed by atoms with van der Waals surface area (Å²) in [5, 5.41) is 17.7. The van der Waals surface area contributed by atoms with Crippen molar-refractivity contribution in [2.45, 2.75) is 70.1 Å². The summed E-state index contributed by atoms with van der Waals surface area (Å²) >= 11 is 3.43. The lowest BCUT2D eigenvalue weighted by Crippen LogP contribution is -2.37. The lowest BCUT2D eigenvalue weighted by molar-refractivity contribution is 0.460. The zero-order valence-electron chi connectivity index (χ0n) is 17.3. The minimum Gasteiger partial charge on any atom is -0.356 e. The zero-order chi connectivity index (χ0) is 19.9. The molecule has 3 rings (SSSR count). The molecule has 0 aliphatic heterocycles. The third-order valence-corrected chi connectivity index (χ3v) is 6.90. The quantitative estimate of drug-likeness (QED) is 0.294. The number of hydrogen-bond acceptors (Lipinski definition) is 6. The smallest absolute Gasteiger partial charge is 0.191 e. The second-order valence-electron chi connectivity index (χ2n) is 7.12. The summed E-state index contributed by atoms with van der Waals surface area (Å²) in [6.45, 7) is 5.71. The van der Waals surface area contributed by atoms with Crippen molar-refractivity contribution in [3.05, 3.63) is 21.4 Å². The first kappa shape index (κ1) is 21.1. The van der Waals surface area contributed by atoms with Crippen LogP contribution in [0.25, 0.3) is 0 Å². The molecule has 2 aromatic heterocycles. The van der Waals surface area contributed by atoms with Gasteiger partial charge in [-0.25, -0.2) is 4.98 Å². The van der Waals surface area contributed by atoms with Gasteiger partial charge in [-0.1, -0.05) is 24.6 Å². The van der Waals surface area contributed by atoms with Gasteiger partial charge in [-0.05, 0) is 39.4 Å². The van der Waals surface area contributed by atoms with Crippen molar-refractivity contribution in [1.29, 1.82) is 0 Å². The second kappa shape index (κ2) is 10.2. The van der Waals surface area contributed by atoms with Crippen LogP contribution in [0.5, 0.6) is 0 Å². The van der Waals surface area contributed by atoms with E-state index in [0.717, 1.165) is 47.0 Å². The highest BCUT2D eigenvalue weighted by Gasteiger charge is 2.23. The summed E-state index contributed by atoms with van der Waals surface area (Å²) in [6.07, 6.45) is 9.15. The molecule has 0 spiro atoms. The maximum atomic E-state index is 4.56. The average molecular weight is 422 g/mol. The van der Waals surface area contributed by atoms with Gasteiger partial charge < -0.3 is 15.2 Å². The summed E-state index contributed by atoms with van der Waals surface area (Å²) < 4.78 is 2.39. The number of aliphatic imine (C=N–C) groups is 1. The van der Waals surface area contributed by atoms with Crippen LogP contribution in [0.15, 0.2) is 10.1 Å². The summed E-state index contributed by atoms with van der Waals surface area (Å²) in [4.78, 5) is 10.1. The molecular formula is C19H31N7S2. The van der Waals surface area contributed by atoms with E-state index in [1.807, 2.05) is 0 Å². The molecule has 1 aliphatic carbocycles. The highest BCUT2D eigenvalue weighted by Crippen LogP contribution is 2.33. The molecule has 2 heterocycles. The van der Waals surface area contributed by atoms with Gasteiger partial charge in [0.05, 0.1) is 12.2 Å². The molecule has 0 amide bonds. The Balaban J connectivity index is 1.46. The molecule has 0 bridgehead atoms. The lowest BCUT2D eigenvalue weighted by atomic mass is 10.2. The van der Waals surface area contributed by atoms with Gasteiger partial charge in [0.1, 0.15) is 10.8 Å². The standard InChI is InChI=1S/C19H31N7S2/c1-13-14(2)28-17(23-13)12-22-18(20-3)21-11-7-10-16-24-25-19(27-4)26(16)15-8-5-6-9-15/h15H,5-12H2,1-4H3,(H2,20,21,22). The van der Waals surface area contributed by atoms with E-state index < -0.39 is 0 Å². The van der Waals surface area contributed by atoms with Crippen LogP contribution in [-0.2, 0) is 13.0 Å². The molecule has 154 valence electrons. The number of thioether (sulfide) groups is 1. The Bertz CT molecular complexity index is 771. The van der Waals surface area contributed by atoms with Crippen molar-refractivity contribution in [3.63, 3.8) is 0 Å². The van der Waals surface area contributed by atoms with E-state index in [1.165, 1.54) is 30.6 Å². The Morgan fingerprint density at radius 1 is 1.25 bits per heavy atom. The van der Waals surface area contributed by atoms with Crippen molar-refractivity contribution < 1.29 is 0 Å². The minimum atomic E-state index is 0.583. The maximum Gasteiger partial charge on any atom is 0.191 e. The van der Waals surface area contributed by atoms with Gasteiger partial charge >= 0.3 is 0 Å². The third kappa shape index (κ3) is 5.26. The van der Waals surface area contributed by atoms with E-state index in [-0.39, 0.29) is 0 Å². The van der Waals surface area contributed by atoms with Gasteiger partial charge in [0.2, 0.25) is 0 Å². The fourth-order valence-electron chi connectivity index (χ4n) is 3.59. The summed E-state index contributed by atoms with van der Waals surface area (Å²) in [5.41, 5.74) is 1.11. The average Bonchev–Trinajstić information content (AvgIpc) is 3.41. The molecule has 0 saturated heterocycles. The normalized spacial score (nSPS) is 15.4. The molecule has 0 radical (unpaired) electrons. The largest absolute Gasteiger partial charge is 0.356 e. The number of aryl methyl sites for hydroxylation is 3. The predicted molar refractivity (Wildman–Crippen MR) is 117 cm³/mol. The molecule has 0 aromatic carbocycles. The molecule has 2 N–H and O–H groups in total. The first-order valence-corrected chi connectivity index (χ1v) is 12.0. The van der Waals surface area contributed by atoms with E-state index in [1.54, 1.807) is 30.1 Å². The number of thiazole rings is 1. The Morgan fingerprint density at radius 2 is 2.04 bits per heavy atom. The Hall–Kier alpha value is -1.61. The number of nitrogens with zero attached hydrogens (tertiary/aromatic N) is 5. The van der Waals surface area contributed by atoms with Crippen molar-refractivity contribution in [2.24, 2.45) is 4.99 Å². The van der Waals surface area contributed by atoms with Crippen molar-refractivity contribution in [2.75, 3.05) is 19.8 Å². The fourth-order valence-corrected chi connectivity index (χ4v) is 5.04.